The highest BCUT2D eigenvalue weighted by molar-refractivity contribution is 7.20. The van der Waals surface area contributed by atoms with Crippen LogP contribution in [0.15, 0.2) is 0 Å². The minimum atomic E-state index is 0.0113. The molecule has 24 heavy (non-hydrogen) atoms. The van der Waals surface area contributed by atoms with E-state index in [9.17, 15) is 4.79 Å². The fourth-order valence-corrected chi connectivity index (χ4v) is 4.77. The van der Waals surface area contributed by atoms with Crippen molar-refractivity contribution in [3.63, 3.8) is 0 Å². The van der Waals surface area contributed by atoms with Gasteiger partial charge in [-0.15, -0.1) is 11.3 Å². The van der Waals surface area contributed by atoms with Crippen molar-refractivity contribution in [1.29, 1.82) is 0 Å². The molecular formula is C18H26N4OS. The van der Waals surface area contributed by atoms with Crippen LogP contribution >= 0.6 is 11.3 Å². The van der Waals surface area contributed by atoms with Crippen molar-refractivity contribution in [2.75, 3.05) is 19.6 Å². The molecule has 0 spiro atoms. The van der Waals surface area contributed by atoms with E-state index in [1.807, 2.05) is 20.8 Å². The summed E-state index contributed by atoms with van der Waals surface area (Å²) in [5, 5.41) is 4.11. The topological polar surface area (TPSA) is 58.1 Å². The number of carbonyl (C=O) groups is 1. The van der Waals surface area contributed by atoms with Gasteiger partial charge in [0.2, 0.25) is 0 Å². The van der Waals surface area contributed by atoms with Gasteiger partial charge in [0.1, 0.15) is 10.7 Å². The summed E-state index contributed by atoms with van der Waals surface area (Å²) in [6, 6.07) is 0.627. The van der Waals surface area contributed by atoms with Crippen molar-refractivity contribution in [2.45, 2.75) is 53.0 Å². The summed E-state index contributed by atoms with van der Waals surface area (Å²) in [6.07, 6.45) is 3.86. The number of nitrogens with zero attached hydrogens (tertiary/aromatic N) is 3. The number of hydrogen-bond donors (Lipinski definition) is 1. The number of piperidine rings is 1. The number of aromatic nitrogens is 2. The van der Waals surface area contributed by atoms with Crippen LogP contribution in [0.4, 0.5) is 0 Å². The van der Waals surface area contributed by atoms with Gasteiger partial charge >= 0.3 is 0 Å². The Morgan fingerprint density at radius 2 is 2.08 bits per heavy atom. The number of amides is 1. The zero-order chi connectivity index (χ0) is 17.3. The maximum absolute atomic E-state index is 12.6. The maximum atomic E-state index is 12.6. The number of nitrogens with one attached hydrogen (secondary N) is 1. The lowest BCUT2D eigenvalue weighted by Crippen LogP contribution is -2.42. The quantitative estimate of drug-likeness (QED) is 0.923. The van der Waals surface area contributed by atoms with Crippen molar-refractivity contribution in [1.82, 2.24) is 20.2 Å². The van der Waals surface area contributed by atoms with Gasteiger partial charge in [0.25, 0.3) is 5.91 Å². The largest absolute Gasteiger partial charge is 0.350 e. The van der Waals surface area contributed by atoms with Gasteiger partial charge in [0.15, 0.2) is 0 Å². The predicted octanol–water partition coefficient (Wildman–Crippen LogP) is 3.22. The third-order valence-electron chi connectivity index (χ3n) is 4.91. The summed E-state index contributed by atoms with van der Waals surface area (Å²) >= 11 is 1.47. The van der Waals surface area contributed by atoms with Crippen molar-refractivity contribution in [2.24, 2.45) is 0 Å². The Morgan fingerprint density at radius 1 is 1.29 bits per heavy atom. The zero-order valence-corrected chi connectivity index (χ0v) is 15.8. The molecule has 1 aliphatic heterocycles. The van der Waals surface area contributed by atoms with Gasteiger partial charge < -0.3 is 5.32 Å². The summed E-state index contributed by atoms with van der Waals surface area (Å²) in [5.74, 6) is 0.768. The normalized spacial score (nSPS) is 18.9. The van der Waals surface area contributed by atoms with E-state index in [4.69, 9.17) is 0 Å². The first-order chi connectivity index (χ1) is 11.5. The average molecular weight is 346 g/mol. The van der Waals surface area contributed by atoms with E-state index in [2.05, 4.69) is 27.1 Å². The molecular weight excluding hydrogens is 320 g/mol. The first kappa shape index (κ1) is 17.3. The number of rotatable bonds is 4. The summed E-state index contributed by atoms with van der Waals surface area (Å²) in [5.41, 5.74) is 1.95. The molecule has 5 nitrogen and oxygen atoms in total. The standard InChI is InChI=1S/C18H26N4OS/c1-11-7-5-6-9-22(11)10-8-19-17(23)16-12(2)15-13(3)20-14(4)21-18(15)24-16/h11H,5-10H2,1-4H3,(H,19,23). The molecule has 0 saturated carbocycles. The monoisotopic (exact) mass is 346 g/mol. The minimum Gasteiger partial charge on any atom is -0.350 e. The highest BCUT2D eigenvalue weighted by Crippen LogP contribution is 2.31. The Labute approximate surface area is 147 Å². The van der Waals surface area contributed by atoms with Crippen molar-refractivity contribution in [3.8, 4) is 0 Å². The molecule has 1 saturated heterocycles. The fraction of sp³-hybridized carbons (Fsp3) is 0.611. The molecule has 0 aromatic carbocycles. The van der Waals surface area contributed by atoms with Crippen LogP contribution in [0.5, 0.6) is 0 Å². The van der Waals surface area contributed by atoms with Gasteiger partial charge in [-0.1, -0.05) is 6.42 Å². The van der Waals surface area contributed by atoms with Crippen molar-refractivity contribution < 1.29 is 4.79 Å². The van der Waals surface area contributed by atoms with E-state index in [1.54, 1.807) is 0 Å². The number of carbonyl (C=O) groups excluding carboxylic acids is 1. The van der Waals surface area contributed by atoms with E-state index in [0.29, 0.717) is 12.6 Å². The molecule has 6 heteroatoms. The molecule has 1 aliphatic rings. The van der Waals surface area contributed by atoms with E-state index in [-0.39, 0.29) is 5.91 Å². The summed E-state index contributed by atoms with van der Waals surface area (Å²) in [7, 11) is 0. The van der Waals surface area contributed by atoms with Gasteiger partial charge in [0.05, 0.1) is 4.88 Å². The number of hydrogen-bond acceptors (Lipinski definition) is 5. The molecule has 2 aromatic heterocycles. The lowest BCUT2D eigenvalue weighted by atomic mass is 10.0. The first-order valence-corrected chi connectivity index (χ1v) is 9.55. The van der Waals surface area contributed by atoms with Gasteiger partial charge in [-0.25, -0.2) is 9.97 Å². The van der Waals surface area contributed by atoms with Crippen LogP contribution in [-0.2, 0) is 0 Å². The SMILES string of the molecule is Cc1nc(C)c2c(C)c(C(=O)NCCN3CCCCC3C)sc2n1. The molecule has 1 unspecified atom stereocenters. The summed E-state index contributed by atoms with van der Waals surface area (Å²) < 4.78 is 0. The molecule has 1 amide bonds. The molecule has 1 atom stereocenters. The van der Waals surface area contributed by atoms with Gasteiger partial charge in [-0.05, 0) is 52.6 Å². The van der Waals surface area contributed by atoms with E-state index in [0.717, 1.165) is 45.3 Å². The second kappa shape index (κ2) is 7.15. The Bertz CT molecular complexity index is 755. The number of thiophene rings is 1. The Hall–Kier alpha value is -1.53. The van der Waals surface area contributed by atoms with Crippen LogP contribution in [0.1, 0.15) is 52.9 Å². The minimum absolute atomic E-state index is 0.0113. The van der Waals surface area contributed by atoms with Crippen LogP contribution in [0.3, 0.4) is 0 Å². The fourth-order valence-electron chi connectivity index (χ4n) is 3.57. The van der Waals surface area contributed by atoms with Crippen molar-refractivity contribution >= 4 is 27.5 Å². The van der Waals surface area contributed by atoms with Crippen LogP contribution in [0.25, 0.3) is 10.2 Å². The molecule has 3 heterocycles. The Morgan fingerprint density at radius 3 is 2.83 bits per heavy atom. The third-order valence-corrected chi connectivity index (χ3v) is 6.10. The molecule has 130 valence electrons. The second-order valence-corrected chi connectivity index (χ2v) is 7.73. The average Bonchev–Trinajstić information content (AvgIpc) is 2.86. The van der Waals surface area contributed by atoms with Crippen LogP contribution in [-0.4, -0.2) is 46.5 Å². The van der Waals surface area contributed by atoms with Crippen molar-refractivity contribution in [3.05, 3.63) is 22.0 Å². The lowest BCUT2D eigenvalue weighted by molar-refractivity contribution is 0.0942. The number of aryl methyl sites for hydroxylation is 3. The molecule has 2 aromatic rings. The smallest absolute Gasteiger partial charge is 0.261 e. The summed E-state index contributed by atoms with van der Waals surface area (Å²) in [4.78, 5) is 25.6. The van der Waals surface area contributed by atoms with E-state index in [1.165, 1.54) is 30.6 Å². The van der Waals surface area contributed by atoms with Gasteiger partial charge in [0, 0.05) is 30.2 Å². The van der Waals surface area contributed by atoms with E-state index < -0.39 is 0 Å². The highest BCUT2D eigenvalue weighted by atomic mass is 32.1. The lowest BCUT2D eigenvalue weighted by Gasteiger charge is -2.33. The molecule has 0 radical (unpaired) electrons. The summed E-state index contributed by atoms with van der Waals surface area (Å²) in [6.45, 7) is 10.9. The third kappa shape index (κ3) is 3.44. The Kier molecular flexibility index (Phi) is 5.15. The predicted molar refractivity (Wildman–Crippen MR) is 98.8 cm³/mol. The van der Waals surface area contributed by atoms with Crippen LogP contribution in [0, 0.1) is 20.8 Å². The highest BCUT2D eigenvalue weighted by Gasteiger charge is 2.20. The first-order valence-electron chi connectivity index (χ1n) is 8.74. The second-order valence-electron chi connectivity index (χ2n) is 6.73. The van der Waals surface area contributed by atoms with Crippen LogP contribution in [0.2, 0.25) is 0 Å². The maximum Gasteiger partial charge on any atom is 0.261 e. The number of likely N-dealkylation sites (tertiary alicyclic amines) is 1. The van der Waals surface area contributed by atoms with Gasteiger partial charge in [-0.2, -0.15) is 0 Å². The Balaban J connectivity index is 1.68. The molecule has 0 aliphatic carbocycles. The zero-order valence-electron chi connectivity index (χ0n) is 15.0. The molecule has 1 N–H and O–H groups in total. The van der Waals surface area contributed by atoms with E-state index >= 15 is 0 Å². The number of fused-ring (bicyclic) bond motifs is 1. The molecule has 0 bridgehead atoms. The van der Waals surface area contributed by atoms with Gasteiger partial charge in [-0.3, -0.25) is 9.69 Å². The molecule has 3 rings (SSSR count). The van der Waals surface area contributed by atoms with Crippen LogP contribution < -0.4 is 5.32 Å². The molecule has 1 fully saturated rings.